The van der Waals surface area contributed by atoms with E-state index in [0.29, 0.717) is 17.4 Å². The fraction of sp³-hybridized carbons (Fsp3) is 0.333. The molecule has 2 aromatic rings. The van der Waals surface area contributed by atoms with Gasteiger partial charge in [-0.25, -0.2) is 0 Å². The van der Waals surface area contributed by atoms with Gasteiger partial charge in [0.15, 0.2) is 0 Å². The quantitative estimate of drug-likeness (QED) is 0.681. The van der Waals surface area contributed by atoms with Crippen molar-refractivity contribution in [3.63, 3.8) is 0 Å². The Morgan fingerprint density at radius 2 is 1.62 bits per heavy atom. The summed E-state index contributed by atoms with van der Waals surface area (Å²) >= 11 is 0. The van der Waals surface area contributed by atoms with Gasteiger partial charge in [-0.2, -0.15) is 0 Å². The lowest BCUT2D eigenvalue weighted by Gasteiger charge is -2.19. The van der Waals surface area contributed by atoms with Gasteiger partial charge in [0.1, 0.15) is 11.4 Å². The molecular formula is C24H30N2O3. The largest absolute Gasteiger partial charge is 0.495 e. The molecule has 0 atom stereocenters. The Kier molecular flexibility index (Phi) is 7.21. The number of carbonyl (C=O) groups is 2. The van der Waals surface area contributed by atoms with Crippen LogP contribution in [0.1, 0.15) is 51.7 Å². The van der Waals surface area contributed by atoms with Gasteiger partial charge in [-0.15, -0.1) is 0 Å². The van der Waals surface area contributed by atoms with E-state index in [4.69, 9.17) is 4.74 Å². The van der Waals surface area contributed by atoms with Crippen LogP contribution in [0.25, 0.3) is 6.08 Å². The Hall–Kier alpha value is -3.08. The highest BCUT2D eigenvalue weighted by atomic mass is 16.5. The minimum Gasteiger partial charge on any atom is -0.495 e. The van der Waals surface area contributed by atoms with Gasteiger partial charge in [-0.3, -0.25) is 9.59 Å². The van der Waals surface area contributed by atoms with Crippen LogP contribution in [-0.4, -0.2) is 18.9 Å². The van der Waals surface area contributed by atoms with Crippen LogP contribution in [0.3, 0.4) is 0 Å². The molecule has 5 heteroatoms. The summed E-state index contributed by atoms with van der Waals surface area (Å²) in [6.45, 7) is 9.65. The third kappa shape index (κ3) is 6.21. The molecule has 0 spiro atoms. The molecular weight excluding hydrogens is 364 g/mol. The average molecular weight is 395 g/mol. The van der Waals surface area contributed by atoms with Crippen molar-refractivity contribution in [2.75, 3.05) is 12.4 Å². The highest BCUT2D eigenvalue weighted by molar-refractivity contribution is 6.09. The molecule has 2 amide bonds. The third-order valence-electron chi connectivity index (χ3n) is 4.44. The SMILES string of the molecule is COc1ccccc1NC(=O)/C(=C\c1ccc(C(C)C)cc1)NC(=O)C(C)(C)C. The Morgan fingerprint density at radius 3 is 2.17 bits per heavy atom. The molecule has 0 saturated heterocycles. The maximum atomic E-state index is 13.0. The number of benzene rings is 2. The van der Waals surface area contributed by atoms with Crippen molar-refractivity contribution in [3.05, 3.63) is 65.4 Å². The van der Waals surface area contributed by atoms with Crippen LogP contribution < -0.4 is 15.4 Å². The number of ether oxygens (including phenoxy) is 1. The highest BCUT2D eigenvalue weighted by Gasteiger charge is 2.24. The summed E-state index contributed by atoms with van der Waals surface area (Å²) in [5.41, 5.74) is 2.11. The van der Waals surface area contributed by atoms with Crippen LogP contribution >= 0.6 is 0 Å². The zero-order valence-corrected chi connectivity index (χ0v) is 18.0. The minimum absolute atomic E-state index is 0.174. The van der Waals surface area contributed by atoms with Gasteiger partial charge in [0, 0.05) is 5.41 Å². The van der Waals surface area contributed by atoms with E-state index in [2.05, 4.69) is 24.5 Å². The lowest BCUT2D eigenvalue weighted by atomic mass is 9.95. The van der Waals surface area contributed by atoms with Crippen LogP contribution in [0.15, 0.2) is 54.2 Å². The molecule has 154 valence electrons. The summed E-state index contributed by atoms with van der Waals surface area (Å²) in [4.78, 5) is 25.5. The van der Waals surface area contributed by atoms with Crippen LogP contribution in [-0.2, 0) is 9.59 Å². The van der Waals surface area contributed by atoms with E-state index in [1.54, 1.807) is 52.2 Å². The van der Waals surface area contributed by atoms with E-state index in [1.165, 1.54) is 5.56 Å². The number of carbonyl (C=O) groups excluding carboxylic acids is 2. The molecule has 2 rings (SSSR count). The summed E-state index contributed by atoms with van der Waals surface area (Å²) in [5.74, 6) is 0.309. The van der Waals surface area contributed by atoms with Crippen molar-refractivity contribution in [3.8, 4) is 5.75 Å². The average Bonchev–Trinajstić information content (AvgIpc) is 2.67. The molecule has 0 aliphatic heterocycles. The summed E-state index contributed by atoms with van der Waals surface area (Å²) < 4.78 is 5.29. The molecule has 0 fully saturated rings. The van der Waals surface area contributed by atoms with E-state index in [9.17, 15) is 9.59 Å². The van der Waals surface area contributed by atoms with Crippen molar-refractivity contribution in [2.45, 2.75) is 40.5 Å². The second-order valence-corrected chi connectivity index (χ2v) is 8.24. The Balaban J connectivity index is 2.35. The van der Waals surface area contributed by atoms with Gasteiger partial charge in [0.05, 0.1) is 12.8 Å². The fourth-order valence-electron chi connectivity index (χ4n) is 2.55. The molecule has 0 saturated carbocycles. The number of nitrogens with one attached hydrogen (secondary N) is 2. The molecule has 0 aliphatic rings. The zero-order chi connectivity index (χ0) is 21.6. The topological polar surface area (TPSA) is 67.4 Å². The van der Waals surface area contributed by atoms with Gasteiger partial charge in [0.25, 0.3) is 5.91 Å². The van der Waals surface area contributed by atoms with Crippen LogP contribution in [0.5, 0.6) is 5.75 Å². The molecule has 0 heterocycles. The molecule has 0 bridgehead atoms. The monoisotopic (exact) mass is 394 g/mol. The lowest BCUT2D eigenvalue weighted by molar-refractivity contribution is -0.128. The number of rotatable bonds is 6. The molecule has 2 aromatic carbocycles. The van der Waals surface area contributed by atoms with Crippen LogP contribution in [0, 0.1) is 5.41 Å². The second kappa shape index (κ2) is 9.41. The van der Waals surface area contributed by atoms with E-state index in [1.807, 2.05) is 30.3 Å². The van der Waals surface area contributed by atoms with Crippen molar-refractivity contribution in [1.29, 1.82) is 0 Å². The van der Waals surface area contributed by atoms with Crippen LogP contribution in [0.4, 0.5) is 5.69 Å². The predicted octanol–water partition coefficient (Wildman–Crippen LogP) is 4.96. The molecule has 0 aromatic heterocycles. The van der Waals surface area contributed by atoms with Crippen molar-refractivity contribution < 1.29 is 14.3 Å². The first-order valence-electron chi connectivity index (χ1n) is 9.69. The first-order valence-corrected chi connectivity index (χ1v) is 9.69. The summed E-state index contributed by atoms with van der Waals surface area (Å²) in [7, 11) is 1.54. The summed E-state index contributed by atoms with van der Waals surface area (Å²) in [6.07, 6.45) is 1.68. The maximum absolute atomic E-state index is 13.0. The van der Waals surface area contributed by atoms with Gasteiger partial charge in [-0.1, -0.05) is 71.0 Å². The molecule has 2 N–H and O–H groups in total. The third-order valence-corrected chi connectivity index (χ3v) is 4.44. The Bertz CT molecular complexity index is 891. The number of amides is 2. The van der Waals surface area contributed by atoms with E-state index < -0.39 is 11.3 Å². The van der Waals surface area contributed by atoms with Crippen molar-refractivity contribution >= 4 is 23.6 Å². The maximum Gasteiger partial charge on any atom is 0.272 e. The molecule has 5 nitrogen and oxygen atoms in total. The molecule has 0 unspecified atom stereocenters. The van der Waals surface area contributed by atoms with E-state index in [-0.39, 0.29) is 11.6 Å². The molecule has 29 heavy (non-hydrogen) atoms. The lowest BCUT2D eigenvalue weighted by Crippen LogP contribution is -2.38. The zero-order valence-electron chi connectivity index (χ0n) is 18.0. The van der Waals surface area contributed by atoms with Gasteiger partial charge in [-0.05, 0) is 35.3 Å². The van der Waals surface area contributed by atoms with Gasteiger partial charge < -0.3 is 15.4 Å². The Labute approximate surface area is 173 Å². The first kappa shape index (κ1) is 22.2. The molecule has 0 aliphatic carbocycles. The number of anilines is 1. The first-order chi connectivity index (χ1) is 13.6. The minimum atomic E-state index is -0.634. The number of hydrogen-bond donors (Lipinski definition) is 2. The van der Waals surface area contributed by atoms with Crippen molar-refractivity contribution in [1.82, 2.24) is 5.32 Å². The highest BCUT2D eigenvalue weighted by Crippen LogP contribution is 2.24. The fourth-order valence-corrected chi connectivity index (χ4v) is 2.55. The number of para-hydroxylation sites is 2. The van der Waals surface area contributed by atoms with Gasteiger partial charge >= 0.3 is 0 Å². The standard InChI is InChI=1S/C24H30N2O3/c1-16(2)18-13-11-17(12-14-18)15-20(26-23(28)24(3,4)5)22(27)25-19-9-7-8-10-21(19)29-6/h7-16H,1-6H3,(H,25,27)(H,26,28)/b20-15+. The van der Waals surface area contributed by atoms with E-state index in [0.717, 1.165) is 5.56 Å². The van der Waals surface area contributed by atoms with Gasteiger partial charge in [0.2, 0.25) is 5.91 Å². The smallest absolute Gasteiger partial charge is 0.272 e. The van der Waals surface area contributed by atoms with Crippen molar-refractivity contribution in [2.24, 2.45) is 5.41 Å². The molecule has 0 radical (unpaired) electrons. The van der Waals surface area contributed by atoms with Crippen LogP contribution in [0.2, 0.25) is 0 Å². The number of hydrogen-bond acceptors (Lipinski definition) is 3. The normalized spacial score (nSPS) is 11.9. The predicted molar refractivity (Wildman–Crippen MR) is 118 cm³/mol. The Morgan fingerprint density at radius 1 is 1.00 bits per heavy atom. The second-order valence-electron chi connectivity index (χ2n) is 8.24. The summed E-state index contributed by atoms with van der Waals surface area (Å²) in [6, 6.07) is 15.1. The summed E-state index contributed by atoms with van der Waals surface area (Å²) in [5, 5.41) is 5.59. The van der Waals surface area contributed by atoms with E-state index >= 15 is 0 Å². The number of methoxy groups -OCH3 is 1.